The minimum atomic E-state index is -1.96. The van der Waals surface area contributed by atoms with Crippen molar-refractivity contribution in [1.82, 2.24) is 0 Å². The largest absolute Gasteiger partial charge is 0.481 e. The third kappa shape index (κ3) is 12.5. The molecule has 9 heteroatoms. The molecular weight excluding hydrogens is 657 g/mol. The van der Waals surface area contributed by atoms with Gasteiger partial charge in [0.2, 0.25) is 0 Å². The Morgan fingerprint density at radius 2 is 1.47 bits per heavy atom. The molecule has 286 valence electrons. The summed E-state index contributed by atoms with van der Waals surface area (Å²) >= 11 is 1.34. The van der Waals surface area contributed by atoms with Crippen molar-refractivity contribution in [2.24, 2.45) is 34.5 Å². The van der Waals surface area contributed by atoms with Crippen molar-refractivity contribution in [3.05, 3.63) is 11.6 Å². The van der Waals surface area contributed by atoms with Gasteiger partial charge < -0.3 is 14.9 Å². The molecule has 0 saturated heterocycles. The van der Waals surface area contributed by atoms with Gasteiger partial charge in [-0.3, -0.25) is 18.6 Å². The zero-order chi connectivity index (χ0) is 37.8. The average Bonchev–Trinajstić information content (AvgIpc) is 2.96. The van der Waals surface area contributed by atoms with E-state index < -0.39 is 66.8 Å². The van der Waals surface area contributed by atoms with E-state index in [-0.39, 0.29) is 18.1 Å². The molecule has 0 aliphatic heterocycles. The SMILES string of the molecule is CCCC1C(SCC(=O)CCCCCC(C)C)(C(C)C(=O)O)C=C(C(C)(C)C)C(O)C1(S(=O)CC(=O)OCCCCCC(C)C)C(C)(C)C. The van der Waals surface area contributed by atoms with Crippen molar-refractivity contribution in [3.63, 3.8) is 0 Å². The second kappa shape index (κ2) is 20.2. The third-order valence-corrected chi connectivity index (χ3v) is 14.4. The standard InChI is InChI=1S/C40H72O7S2/c1-13-20-33-39(30(6)36(44)45,48-26-31(41)23-18-14-16-21-28(2)3)25-32(37(7,8)9)35(43)40(33,38(10,11)12)49(46)27-34(42)47-24-19-15-17-22-29(4)5/h25,28-30,33,35,43H,13-24,26-27H2,1-12H3,(H,44,45). The van der Waals surface area contributed by atoms with Crippen LogP contribution in [0, 0.1) is 34.5 Å². The normalized spacial score (nSPS) is 24.5. The van der Waals surface area contributed by atoms with E-state index >= 15 is 4.21 Å². The number of carbonyl (C=O) groups is 3. The summed E-state index contributed by atoms with van der Waals surface area (Å²) in [4.78, 5) is 39.7. The molecule has 0 heterocycles. The van der Waals surface area contributed by atoms with E-state index in [1.54, 1.807) is 6.92 Å². The van der Waals surface area contributed by atoms with Gasteiger partial charge in [-0.1, -0.05) is 134 Å². The number of hydrogen-bond donors (Lipinski definition) is 2. The average molecular weight is 729 g/mol. The van der Waals surface area contributed by atoms with Crippen molar-refractivity contribution in [2.75, 3.05) is 18.1 Å². The van der Waals surface area contributed by atoms with Gasteiger partial charge >= 0.3 is 11.9 Å². The number of aliphatic hydroxyl groups is 1. The Hall–Kier alpha value is -1.19. The highest BCUT2D eigenvalue weighted by atomic mass is 32.2. The van der Waals surface area contributed by atoms with Crippen LogP contribution in [0.3, 0.4) is 0 Å². The predicted octanol–water partition coefficient (Wildman–Crippen LogP) is 9.41. The summed E-state index contributed by atoms with van der Waals surface area (Å²) in [5, 5.41) is 23.2. The molecule has 0 aromatic carbocycles. The lowest BCUT2D eigenvalue weighted by atomic mass is 9.55. The second-order valence-electron chi connectivity index (χ2n) is 17.3. The number of Topliss-reactive ketones (excluding diaryl/α,β-unsaturated/α-hetero) is 1. The van der Waals surface area contributed by atoms with Gasteiger partial charge in [0.1, 0.15) is 11.5 Å². The summed E-state index contributed by atoms with van der Waals surface area (Å²) in [5.74, 6) is -2.13. The lowest BCUT2D eigenvalue weighted by Gasteiger charge is -2.62. The molecular formula is C40H72O7S2. The molecule has 1 rings (SSSR count). The topological polar surface area (TPSA) is 118 Å². The fourth-order valence-electron chi connectivity index (χ4n) is 7.59. The highest BCUT2D eigenvalue weighted by Gasteiger charge is 2.68. The Labute approximate surface area is 306 Å². The van der Waals surface area contributed by atoms with E-state index in [2.05, 4.69) is 27.7 Å². The summed E-state index contributed by atoms with van der Waals surface area (Å²) in [7, 11) is -1.96. The molecule has 0 saturated carbocycles. The summed E-state index contributed by atoms with van der Waals surface area (Å²) in [6, 6.07) is 0. The van der Waals surface area contributed by atoms with Gasteiger partial charge in [0.15, 0.2) is 0 Å². The van der Waals surface area contributed by atoms with Crippen molar-refractivity contribution in [2.45, 2.75) is 169 Å². The molecule has 0 amide bonds. The zero-order valence-electron chi connectivity index (χ0n) is 33.1. The van der Waals surface area contributed by atoms with Crippen LogP contribution in [0.25, 0.3) is 0 Å². The molecule has 0 spiro atoms. The molecule has 1 aliphatic carbocycles. The van der Waals surface area contributed by atoms with Gasteiger partial charge in [0, 0.05) is 17.2 Å². The highest BCUT2D eigenvalue weighted by molar-refractivity contribution is 8.01. The van der Waals surface area contributed by atoms with Crippen LogP contribution in [0.2, 0.25) is 0 Å². The Morgan fingerprint density at radius 3 is 1.94 bits per heavy atom. The molecule has 0 aromatic heterocycles. The van der Waals surface area contributed by atoms with Gasteiger partial charge in [0.05, 0.1) is 33.9 Å². The number of unbranched alkanes of at least 4 members (excludes halogenated alkanes) is 4. The molecule has 6 atom stereocenters. The van der Waals surface area contributed by atoms with Gasteiger partial charge in [-0.15, -0.1) is 11.8 Å². The molecule has 0 radical (unpaired) electrons. The Balaban J connectivity index is 3.70. The molecule has 1 aliphatic rings. The first-order valence-corrected chi connectivity index (χ1v) is 21.2. The summed E-state index contributed by atoms with van der Waals surface area (Å²) < 4.78 is 18.1. The Kier molecular flexibility index (Phi) is 18.9. The molecule has 49 heavy (non-hydrogen) atoms. The molecule has 2 N–H and O–H groups in total. The number of rotatable bonds is 22. The maximum atomic E-state index is 15.0. The second-order valence-corrected chi connectivity index (χ2v) is 20.3. The van der Waals surface area contributed by atoms with Crippen molar-refractivity contribution >= 4 is 40.3 Å². The smallest absolute Gasteiger partial charge is 0.318 e. The molecule has 0 aromatic rings. The lowest BCUT2D eigenvalue weighted by molar-refractivity contribution is -0.143. The molecule has 0 fully saturated rings. The van der Waals surface area contributed by atoms with Crippen molar-refractivity contribution in [3.8, 4) is 0 Å². The number of hydrogen-bond acceptors (Lipinski definition) is 7. The van der Waals surface area contributed by atoms with Crippen LogP contribution in [-0.2, 0) is 29.9 Å². The first-order chi connectivity index (χ1) is 22.6. The number of carboxylic acid groups (broad SMARTS) is 1. The Morgan fingerprint density at radius 1 is 0.918 bits per heavy atom. The minimum absolute atomic E-state index is 0.0676. The quantitative estimate of drug-likeness (QED) is 0.0643. The summed E-state index contributed by atoms with van der Waals surface area (Å²) in [6.07, 6.45) is 10.1. The maximum Gasteiger partial charge on any atom is 0.318 e. The van der Waals surface area contributed by atoms with Crippen LogP contribution in [-0.4, -0.2) is 65.9 Å². The van der Waals surface area contributed by atoms with Gasteiger partial charge in [0.25, 0.3) is 0 Å². The van der Waals surface area contributed by atoms with Crippen LogP contribution in [0.1, 0.15) is 154 Å². The molecule has 7 nitrogen and oxygen atoms in total. The third-order valence-electron chi connectivity index (χ3n) is 10.3. The number of esters is 1. The molecule has 6 unspecified atom stereocenters. The first-order valence-electron chi connectivity index (χ1n) is 18.9. The monoisotopic (exact) mass is 728 g/mol. The predicted molar refractivity (Wildman–Crippen MR) is 206 cm³/mol. The minimum Gasteiger partial charge on any atom is -0.481 e. The van der Waals surface area contributed by atoms with Gasteiger partial charge in [-0.25, -0.2) is 0 Å². The highest BCUT2D eigenvalue weighted by Crippen LogP contribution is 2.62. The van der Waals surface area contributed by atoms with Crippen molar-refractivity contribution < 1.29 is 33.5 Å². The Bertz CT molecular complexity index is 1120. The van der Waals surface area contributed by atoms with E-state index in [0.717, 1.165) is 51.4 Å². The number of aliphatic hydroxyl groups excluding tert-OH is 1. The van der Waals surface area contributed by atoms with E-state index in [9.17, 15) is 24.6 Å². The van der Waals surface area contributed by atoms with Gasteiger partial charge in [-0.2, -0.15) is 0 Å². The van der Waals surface area contributed by atoms with E-state index in [0.29, 0.717) is 36.7 Å². The van der Waals surface area contributed by atoms with E-state index in [1.807, 2.05) is 54.5 Å². The van der Waals surface area contributed by atoms with Crippen LogP contribution >= 0.6 is 11.8 Å². The number of aliphatic carboxylic acids is 1. The van der Waals surface area contributed by atoms with E-state index in [4.69, 9.17) is 4.74 Å². The summed E-state index contributed by atoms with van der Waals surface area (Å²) in [6.45, 7) is 24.4. The molecule has 0 bridgehead atoms. The fraction of sp³-hybridized carbons (Fsp3) is 0.875. The van der Waals surface area contributed by atoms with Gasteiger partial charge in [-0.05, 0) is 53.4 Å². The lowest BCUT2D eigenvalue weighted by Crippen LogP contribution is -2.71. The van der Waals surface area contributed by atoms with Crippen LogP contribution in [0.15, 0.2) is 11.6 Å². The zero-order valence-corrected chi connectivity index (χ0v) is 34.7. The first kappa shape index (κ1) is 45.8. The number of carbonyl (C=O) groups excluding carboxylic acids is 2. The van der Waals surface area contributed by atoms with E-state index in [1.165, 1.54) is 11.8 Å². The summed E-state index contributed by atoms with van der Waals surface area (Å²) in [5.41, 5.74) is -0.842. The fourth-order valence-corrected chi connectivity index (χ4v) is 11.5. The maximum absolute atomic E-state index is 15.0. The number of carboxylic acids is 1. The van der Waals surface area contributed by atoms with Crippen LogP contribution in [0.5, 0.6) is 0 Å². The van der Waals surface area contributed by atoms with Crippen molar-refractivity contribution in [1.29, 1.82) is 0 Å². The number of ketones is 1. The number of ether oxygens (including phenoxy) is 1. The van der Waals surface area contributed by atoms with Crippen LogP contribution in [0.4, 0.5) is 0 Å². The van der Waals surface area contributed by atoms with Crippen LogP contribution < -0.4 is 0 Å². The number of thioether (sulfide) groups is 1.